The number of Topliss-reactive ketones (excluding diaryl/α,β-unsaturated/α-hetero) is 1. The van der Waals surface area contributed by atoms with E-state index in [0.29, 0.717) is 24.2 Å². The molecule has 2 aromatic carbocycles. The first-order chi connectivity index (χ1) is 15.8. The third kappa shape index (κ3) is 3.68. The number of carbonyl (C=O) groups excluding carboxylic acids is 1. The molecule has 2 saturated carbocycles. The molecule has 0 unspecified atom stereocenters. The van der Waals surface area contributed by atoms with Gasteiger partial charge in [0.15, 0.2) is 0 Å². The van der Waals surface area contributed by atoms with Crippen LogP contribution in [0.4, 0.5) is 0 Å². The highest BCUT2D eigenvalue weighted by Crippen LogP contribution is 2.70. The zero-order valence-electron chi connectivity index (χ0n) is 20.6. The van der Waals surface area contributed by atoms with Crippen LogP contribution in [0.2, 0.25) is 5.04 Å². The summed E-state index contributed by atoms with van der Waals surface area (Å²) in [6.07, 6.45) is 7.70. The van der Waals surface area contributed by atoms with Gasteiger partial charge in [0.25, 0.3) is 8.32 Å². The van der Waals surface area contributed by atoms with Crippen LogP contribution in [0, 0.1) is 23.2 Å². The Labute approximate surface area is 200 Å². The third-order valence-electron chi connectivity index (χ3n) is 8.76. The summed E-state index contributed by atoms with van der Waals surface area (Å²) >= 11 is 0. The smallest absolute Gasteiger partial charge is 0.261 e. The molecule has 0 radical (unpaired) electrons. The van der Waals surface area contributed by atoms with Crippen LogP contribution in [0.5, 0.6) is 0 Å². The van der Waals surface area contributed by atoms with Gasteiger partial charge in [-0.05, 0) is 58.8 Å². The van der Waals surface area contributed by atoms with Gasteiger partial charge in [-0.2, -0.15) is 0 Å². The van der Waals surface area contributed by atoms with Gasteiger partial charge in [-0.25, -0.2) is 0 Å². The zero-order valence-corrected chi connectivity index (χ0v) is 21.6. The minimum Gasteiger partial charge on any atom is -0.407 e. The van der Waals surface area contributed by atoms with E-state index in [1.807, 2.05) is 0 Å². The lowest BCUT2D eigenvalue weighted by molar-refractivity contribution is -0.125. The van der Waals surface area contributed by atoms with E-state index in [0.717, 1.165) is 25.7 Å². The second-order valence-electron chi connectivity index (χ2n) is 11.7. The second kappa shape index (κ2) is 8.36. The molecule has 33 heavy (non-hydrogen) atoms. The molecule has 0 spiro atoms. The highest BCUT2D eigenvalue weighted by atomic mass is 28.4. The van der Waals surface area contributed by atoms with Crippen molar-refractivity contribution < 1.29 is 9.22 Å². The van der Waals surface area contributed by atoms with Gasteiger partial charge in [-0.3, -0.25) is 4.79 Å². The van der Waals surface area contributed by atoms with Crippen LogP contribution in [0.15, 0.2) is 72.3 Å². The summed E-state index contributed by atoms with van der Waals surface area (Å²) < 4.78 is 7.05. The van der Waals surface area contributed by atoms with E-state index in [2.05, 4.69) is 94.4 Å². The Morgan fingerprint density at radius 3 is 2.15 bits per heavy atom. The molecule has 4 atom stereocenters. The minimum atomic E-state index is -2.49. The number of hydrogen-bond donors (Lipinski definition) is 0. The molecule has 0 aliphatic heterocycles. The maximum absolute atomic E-state index is 13.2. The lowest BCUT2D eigenvalue weighted by atomic mass is 9.81. The molecule has 2 aromatic rings. The second-order valence-corrected chi connectivity index (χ2v) is 16.0. The van der Waals surface area contributed by atoms with Crippen LogP contribution < -0.4 is 10.4 Å². The number of fused-ring (bicyclic) bond motifs is 1. The van der Waals surface area contributed by atoms with Crippen molar-refractivity contribution in [1.29, 1.82) is 0 Å². The van der Waals surface area contributed by atoms with Crippen molar-refractivity contribution in [2.45, 2.75) is 64.8 Å². The van der Waals surface area contributed by atoms with Gasteiger partial charge in [-0.1, -0.05) is 100 Å². The van der Waals surface area contributed by atoms with Crippen LogP contribution in [0.1, 0.15) is 59.8 Å². The van der Waals surface area contributed by atoms with Gasteiger partial charge < -0.3 is 4.43 Å². The third-order valence-corrected chi connectivity index (χ3v) is 13.8. The maximum atomic E-state index is 13.2. The van der Waals surface area contributed by atoms with E-state index in [4.69, 9.17) is 4.43 Å². The largest absolute Gasteiger partial charge is 0.407 e. The molecular formula is C30H38O2Si. The first-order valence-electron chi connectivity index (χ1n) is 12.8. The quantitative estimate of drug-likeness (QED) is 0.293. The van der Waals surface area contributed by atoms with Crippen LogP contribution in [-0.2, 0) is 9.22 Å². The average molecular weight is 459 g/mol. The minimum absolute atomic E-state index is 0.00588. The first-order valence-corrected chi connectivity index (χ1v) is 14.7. The molecule has 0 saturated heterocycles. The van der Waals surface area contributed by atoms with Gasteiger partial charge in [-0.15, -0.1) is 0 Å². The maximum Gasteiger partial charge on any atom is 0.261 e. The Balaban J connectivity index is 1.33. The molecule has 0 heterocycles. The molecular weight excluding hydrogens is 420 g/mol. The average Bonchev–Trinajstić information content (AvgIpc) is 3.44. The summed E-state index contributed by atoms with van der Waals surface area (Å²) in [5.41, 5.74) is 1.87. The van der Waals surface area contributed by atoms with Gasteiger partial charge in [0.1, 0.15) is 5.78 Å². The van der Waals surface area contributed by atoms with E-state index >= 15 is 0 Å². The van der Waals surface area contributed by atoms with Crippen molar-refractivity contribution in [2.75, 3.05) is 6.61 Å². The van der Waals surface area contributed by atoms with Crippen LogP contribution in [-0.4, -0.2) is 20.7 Å². The summed E-state index contributed by atoms with van der Waals surface area (Å²) in [6, 6.07) is 21.7. The summed E-state index contributed by atoms with van der Waals surface area (Å²) in [5, 5.41) is 2.64. The Morgan fingerprint density at radius 2 is 1.58 bits per heavy atom. The van der Waals surface area contributed by atoms with E-state index < -0.39 is 8.32 Å². The van der Waals surface area contributed by atoms with Crippen molar-refractivity contribution in [3.05, 3.63) is 72.3 Å². The predicted molar refractivity (Wildman–Crippen MR) is 138 cm³/mol. The fraction of sp³-hybridized carbons (Fsp3) is 0.500. The van der Waals surface area contributed by atoms with E-state index in [9.17, 15) is 4.79 Å². The summed E-state index contributed by atoms with van der Waals surface area (Å²) in [4.78, 5) is 13.2. The summed E-state index contributed by atoms with van der Waals surface area (Å²) in [5.74, 6) is 1.62. The molecule has 174 valence electrons. The summed E-state index contributed by atoms with van der Waals surface area (Å²) in [7, 11) is -2.49. The number of allylic oxidation sites excluding steroid dienone is 2. The number of benzene rings is 2. The van der Waals surface area contributed by atoms with E-state index in [-0.39, 0.29) is 16.4 Å². The molecule has 3 heteroatoms. The molecule has 5 rings (SSSR count). The number of ketones is 1. The Kier molecular flexibility index (Phi) is 5.77. The highest BCUT2D eigenvalue weighted by Gasteiger charge is 2.68. The molecule has 3 aliphatic rings. The lowest BCUT2D eigenvalue weighted by Crippen LogP contribution is -2.66. The normalized spacial score (nSPS) is 28.8. The predicted octanol–water partition coefficient (Wildman–Crippen LogP) is 5.90. The number of hydrogen-bond acceptors (Lipinski definition) is 2. The number of rotatable bonds is 7. The van der Waals surface area contributed by atoms with Gasteiger partial charge in [0.05, 0.1) is 0 Å². The Hall–Kier alpha value is -1.97. The molecule has 0 aromatic heterocycles. The Morgan fingerprint density at radius 1 is 0.970 bits per heavy atom. The van der Waals surface area contributed by atoms with Crippen LogP contribution in [0.3, 0.4) is 0 Å². The van der Waals surface area contributed by atoms with Crippen molar-refractivity contribution in [1.82, 2.24) is 0 Å². The van der Waals surface area contributed by atoms with Gasteiger partial charge in [0, 0.05) is 18.4 Å². The molecule has 2 fully saturated rings. The fourth-order valence-corrected chi connectivity index (χ4v) is 11.7. The lowest BCUT2D eigenvalue weighted by Gasteiger charge is -2.43. The molecule has 0 amide bonds. The molecule has 2 nitrogen and oxygen atoms in total. The van der Waals surface area contributed by atoms with Crippen molar-refractivity contribution >= 4 is 24.5 Å². The Bertz CT molecular complexity index is 996. The monoisotopic (exact) mass is 458 g/mol. The molecule has 0 N–H and O–H groups in total. The topological polar surface area (TPSA) is 26.3 Å². The van der Waals surface area contributed by atoms with Crippen LogP contribution in [0.25, 0.3) is 0 Å². The van der Waals surface area contributed by atoms with E-state index in [1.165, 1.54) is 16.8 Å². The zero-order chi connectivity index (χ0) is 23.3. The van der Waals surface area contributed by atoms with Gasteiger partial charge >= 0.3 is 0 Å². The van der Waals surface area contributed by atoms with Crippen molar-refractivity contribution in [2.24, 2.45) is 23.2 Å². The van der Waals surface area contributed by atoms with Crippen LogP contribution >= 0.6 is 0 Å². The standard InChI is InChI=1S/C30H38O2Si/c1-29(2,3)33(24-15-7-5-8-16-24,25-17-9-6-10-18-25)32-20-12-14-23-21-22-13-11-19-30(4)26(22)27(30)28(23)31/h5-10,13,15-18,23,26-27H,11-12,14,19-21H2,1-4H3/t23-,26-,27+,30+/m0/s1. The van der Waals surface area contributed by atoms with Gasteiger partial charge in [0.2, 0.25) is 0 Å². The first kappa shape index (κ1) is 22.8. The van der Waals surface area contributed by atoms with Crippen molar-refractivity contribution in [3.63, 3.8) is 0 Å². The summed E-state index contributed by atoms with van der Waals surface area (Å²) in [6.45, 7) is 10.0. The SMILES string of the molecule is CC(C)(C)[Si](OCCC[C@H]1CC2=CCC[C@@]3(C)[C@@H](C1=O)[C@H]23)(c1ccccc1)c1ccccc1. The highest BCUT2D eigenvalue weighted by molar-refractivity contribution is 6.99. The molecule has 0 bridgehead atoms. The van der Waals surface area contributed by atoms with E-state index in [1.54, 1.807) is 5.57 Å². The fourth-order valence-electron chi connectivity index (χ4n) is 7.11. The van der Waals surface area contributed by atoms with Crippen molar-refractivity contribution in [3.8, 4) is 0 Å². The molecule has 3 aliphatic carbocycles. The number of carbonyl (C=O) groups is 1.